The van der Waals surface area contributed by atoms with Crippen LogP contribution in [0.15, 0.2) is 0 Å². The van der Waals surface area contributed by atoms with Crippen molar-refractivity contribution in [3.63, 3.8) is 0 Å². The van der Waals surface area contributed by atoms with Gasteiger partial charge in [0.25, 0.3) is 0 Å². The quantitative estimate of drug-likeness (QED) is 0.496. The van der Waals surface area contributed by atoms with Gasteiger partial charge < -0.3 is 14.6 Å². The molecular weight excluding hydrogens is 150 g/mol. The number of fused-ring (bicyclic) bond motifs is 1. The molecule has 4 atom stereocenters. The second-order valence-electron chi connectivity index (χ2n) is 2.98. The third-order valence-electron chi connectivity index (χ3n) is 2.27. The molecule has 0 amide bonds. The van der Waals surface area contributed by atoms with E-state index in [2.05, 4.69) is 0 Å². The maximum atomic E-state index is 13.0. The van der Waals surface area contributed by atoms with Crippen molar-refractivity contribution in [2.45, 2.75) is 23.9 Å². The van der Waals surface area contributed by atoms with Crippen molar-refractivity contribution < 1.29 is 19.0 Å². The third-order valence-corrected chi connectivity index (χ3v) is 2.27. The van der Waals surface area contributed by atoms with Crippen molar-refractivity contribution in [3.8, 4) is 0 Å². The first kappa shape index (κ1) is 7.52. The van der Waals surface area contributed by atoms with Gasteiger partial charge in [-0.15, -0.1) is 0 Å². The SMILES string of the molecule is [B][C@@H]1O[C@@]2(CO)COC2C1F. The Bertz CT molecular complexity index is 175. The van der Waals surface area contributed by atoms with E-state index in [1.165, 1.54) is 0 Å². The van der Waals surface area contributed by atoms with Crippen molar-refractivity contribution in [1.82, 2.24) is 0 Å². The van der Waals surface area contributed by atoms with E-state index < -0.39 is 23.9 Å². The Balaban J connectivity index is 2.16. The molecule has 1 N–H and O–H groups in total. The summed E-state index contributed by atoms with van der Waals surface area (Å²) >= 11 is 0. The molecule has 0 aromatic heterocycles. The lowest BCUT2D eigenvalue weighted by molar-refractivity contribution is -0.236. The fourth-order valence-corrected chi connectivity index (χ4v) is 1.53. The van der Waals surface area contributed by atoms with Crippen molar-refractivity contribution in [1.29, 1.82) is 0 Å². The first-order valence-corrected chi connectivity index (χ1v) is 3.49. The Hall–Kier alpha value is -0.125. The molecule has 0 aromatic carbocycles. The molecule has 3 nitrogen and oxygen atoms in total. The van der Waals surface area contributed by atoms with Gasteiger partial charge in [-0.05, 0) is 0 Å². The summed E-state index contributed by atoms with van der Waals surface area (Å²) in [5.41, 5.74) is -0.848. The largest absolute Gasteiger partial charge is 0.393 e. The van der Waals surface area contributed by atoms with Gasteiger partial charge in [0.2, 0.25) is 0 Å². The minimum absolute atomic E-state index is 0.230. The van der Waals surface area contributed by atoms with Crippen LogP contribution in [0.3, 0.4) is 0 Å². The van der Waals surface area contributed by atoms with Gasteiger partial charge in [-0.1, -0.05) is 0 Å². The molecule has 2 fully saturated rings. The average molecular weight is 158 g/mol. The Morgan fingerprint density at radius 2 is 2.45 bits per heavy atom. The van der Waals surface area contributed by atoms with Gasteiger partial charge >= 0.3 is 0 Å². The molecule has 0 aromatic rings. The lowest BCUT2D eigenvalue weighted by Gasteiger charge is -2.41. The summed E-state index contributed by atoms with van der Waals surface area (Å²) in [4.78, 5) is 0. The van der Waals surface area contributed by atoms with E-state index in [9.17, 15) is 4.39 Å². The molecule has 2 unspecified atom stereocenters. The Kier molecular flexibility index (Phi) is 1.49. The topological polar surface area (TPSA) is 38.7 Å². The molecule has 11 heavy (non-hydrogen) atoms. The lowest BCUT2D eigenvalue weighted by Crippen LogP contribution is -2.60. The fourth-order valence-electron chi connectivity index (χ4n) is 1.53. The number of aliphatic hydroxyl groups is 1. The molecule has 5 heteroatoms. The second kappa shape index (κ2) is 2.18. The van der Waals surface area contributed by atoms with Crippen LogP contribution < -0.4 is 0 Å². The molecule has 2 heterocycles. The van der Waals surface area contributed by atoms with Gasteiger partial charge in [0, 0.05) is 0 Å². The normalized spacial score (nSPS) is 55.3. The van der Waals surface area contributed by atoms with Crippen molar-refractivity contribution in [2.75, 3.05) is 13.2 Å². The molecule has 0 bridgehead atoms. The molecule has 0 saturated carbocycles. The summed E-state index contributed by atoms with van der Waals surface area (Å²) in [6.07, 6.45) is -1.97. The molecule has 2 aliphatic heterocycles. The maximum Gasteiger partial charge on any atom is 0.147 e. The van der Waals surface area contributed by atoms with E-state index in [1.54, 1.807) is 0 Å². The monoisotopic (exact) mass is 158 g/mol. The summed E-state index contributed by atoms with van der Waals surface area (Å²) in [5.74, 6) is 0. The van der Waals surface area contributed by atoms with Gasteiger partial charge in [0.05, 0.1) is 19.2 Å². The van der Waals surface area contributed by atoms with Crippen LogP contribution in [-0.4, -0.2) is 50.0 Å². The van der Waals surface area contributed by atoms with E-state index in [-0.39, 0.29) is 13.2 Å². The highest BCUT2D eigenvalue weighted by Gasteiger charge is 2.61. The van der Waals surface area contributed by atoms with Gasteiger partial charge in [-0.3, -0.25) is 0 Å². The molecule has 2 saturated heterocycles. The van der Waals surface area contributed by atoms with Crippen LogP contribution >= 0.6 is 0 Å². The Morgan fingerprint density at radius 1 is 1.73 bits per heavy atom. The first-order chi connectivity index (χ1) is 5.19. The van der Waals surface area contributed by atoms with E-state index in [4.69, 9.17) is 22.4 Å². The minimum Gasteiger partial charge on any atom is -0.393 e. The molecule has 2 radical (unpaired) electrons. The van der Waals surface area contributed by atoms with Crippen LogP contribution in [0.25, 0.3) is 0 Å². The van der Waals surface area contributed by atoms with Crippen LogP contribution in [0.4, 0.5) is 4.39 Å². The van der Waals surface area contributed by atoms with Gasteiger partial charge in [0.1, 0.15) is 25.7 Å². The van der Waals surface area contributed by atoms with Gasteiger partial charge in [-0.25, -0.2) is 4.39 Å². The van der Waals surface area contributed by atoms with Crippen LogP contribution in [0.5, 0.6) is 0 Å². The highest BCUT2D eigenvalue weighted by atomic mass is 19.1. The smallest absolute Gasteiger partial charge is 0.147 e. The number of hydrogen-bond donors (Lipinski definition) is 1. The van der Waals surface area contributed by atoms with Crippen molar-refractivity contribution >= 4 is 7.85 Å². The number of aliphatic hydroxyl groups excluding tert-OH is 1. The summed E-state index contributed by atoms with van der Waals surface area (Å²) < 4.78 is 22.9. The Labute approximate surface area is 64.9 Å². The lowest BCUT2D eigenvalue weighted by atomic mass is 9.87. The second-order valence-corrected chi connectivity index (χ2v) is 2.98. The summed E-state index contributed by atoms with van der Waals surface area (Å²) in [7, 11) is 5.27. The number of alkyl halides is 1. The first-order valence-electron chi connectivity index (χ1n) is 3.49. The van der Waals surface area contributed by atoms with E-state index in [0.29, 0.717) is 0 Å². The maximum absolute atomic E-state index is 13.0. The average Bonchev–Trinajstić information content (AvgIpc) is 2.10. The number of halogens is 1. The highest BCUT2D eigenvalue weighted by molar-refractivity contribution is 6.11. The van der Waals surface area contributed by atoms with E-state index >= 15 is 0 Å². The molecular formula is C6H8BFO3. The third kappa shape index (κ3) is 0.788. The van der Waals surface area contributed by atoms with Crippen LogP contribution in [0.2, 0.25) is 0 Å². The van der Waals surface area contributed by atoms with Crippen LogP contribution in [0, 0.1) is 0 Å². The summed E-state index contributed by atoms with van der Waals surface area (Å²) in [5, 5.41) is 8.86. The molecule has 0 spiro atoms. The number of rotatable bonds is 1. The van der Waals surface area contributed by atoms with Crippen LogP contribution in [0.1, 0.15) is 0 Å². The van der Waals surface area contributed by atoms with E-state index in [1.807, 2.05) is 0 Å². The predicted octanol–water partition coefficient (Wildman–Crippen LogP) is -1.02. The Morgan fingerprint density at radius 3 is 2.73 bits per heavy atom. The molecule has 60 valence electrons. The summed E-state index contributed by atoms with van der Waals surface area (Å²) in [6.45, 7) is 0.00801. The zero-order chi connectivity index (χ0) is 8.06. The van der Waals surface area contributed by atoms with Crippen molar-refractivity contribution in [2.24, 2.45) is 0 Å². The molecule has 2 rings (SSSR count). The number of ether oxygens (including phenoxy) is 2. The van der Waals surface area contributed by atoms with Gasteiger partial charge in [0.15, 0.2) is 0 Å². The zero-order valence-corrected chi connectivity index (χ0v) is 5.87. The van der Waals surface area contributed by atoms with Crippen LogP contribution in [-0.2, 0) is 9.47 Å². The fraction of sp³-hybridized carbons (Fsp3) is 1.00. The van der Waals surface area contributed by atoms with Gasteiger partial charge in [-0.2, -0.15) is 0 Å². The summed E-state index contributed by atoms with van der Waals surface area (Å²) in [6, 6.07) is -0.949. The zero-order valence-electron chi connectivity index (χ0n) is 5.87. The number of hydrogen-bond acceptors (Lipinski definition) is 3. The van der Waals surface area contributed by atoms with Crippen molar-refractivity contribution in [3.05, 3.63) is 0 Å². The highest BCUT2D eigenvalue weighted by Crippen LogP contribution is 2.41. The molecule has 2 aliphatic rings. The van der Waals surface area contributed by atoms with E-state index in [0.717, 1.165) is 0 Å². The minimum atomic E-state index is -1.31. The predicted molar refractivity (Wildman–Crippen MR) is 35.1 cm³/mol. The standard InChI is InChI=1S/C6H8BFO3/c7-5-3(8)4-6(1-9,11-5)2-10-4/h3-5,9H,1-2H2/t3?,4?,5-,6+/m1/s1. The molecule has 0 aliphatic carbocycles.